The molecule has 3 N–H and O–H groups in total. The van der Waals surface area contributed by atoms with E-state index < -0.39 is 10.0 Å². The number of nitrogens with two attached hydrogens (primary N) is 1. The van der Waals surface area contributed by atoms with Crippen LogP contribution in [0.2, 0.25) is 10.0 Å². The van der Waals surface area contributed by atoms with E-state index in [4.69, 9.17) is 28.3 Å². The number of sulfonamides is 1. The molecule has 0 atom stereocenters. The summed E-state index contributed by atoms with van der Waals surface area (Å²) in [4.78, 5) is 0.0776. The Balaban J connectivity index is 2.07. The Bertz CT molecular complexity index is 695. The van der Waals surface area contributed by atoms with E-state index in [0.29, 0.717) is 16.6 Å². The quantitative estimate of drug-likeness (QED) is 0.903. The summed E-state index contributed by atoms with van der Waals surface area (Å²) in [5, 5.41) is 9.31. The SMILES string of the molecule is NS(=O)(=O)c1ccc(NCc2cc(Cl)cc(Cl)c2)cc1. The average Bonchev–Trinajstić information content (AvgIpc) is 2.35. The summed E-state index contributed by atoms with van der Waals surface area (Å²) < 4.78 is 22.3. The van der Waals surface area contributed by atoms with Gasteiger partial charge in [0.25, 0.3) is 0 Å². The predicted molar refractivity (Wildman–Crippen MR) is 81.6 cm³/mol. The highest BCUT2D eigenvalue weighted by atomic mass is 35.5. The van der Waals surface area contributed by atoms with Crippen molar-refractivity contribution in [1.29, 1.82) is 0 Å². The molecule has 20 heavy (non-hydrogen) atoms. The van der Waals surface area contributed by atoms with Gasteiger partial charge in [-0.05, 0) is 48.0 Å². The van der Waals surface area contributed by atoms with Crippen LogP contribution in [0, 0.1) is 0 Å². The highest BCUT2D eigenvalue weighted by Gasteiger charge is 2.06. The van der Waals surface area contributed by atoms with E-state index in [2.05, 4.69) is 5.32 Å². The van der Waals surface area contributed by atoms with Gasteiger partial charge in [-0.3, -0.25) is 0 Å². The summed E-state index contributed by atoms with van der Waals surface area (Å²) in [6.07, 6.45) is 0. The van der Waals surface area contributed by atoms with Gasteiger partial charge in [-0.1, -0.05) is 23.2 Å². The maximum Gasteiger partial charge on any atom is 0.238 e. The predicted octanol–water partition coefficient (Wildman–Crippen LogP) is 3.25. The van der Waals surface area contributed by atoms with Crippen molar-refractivity contribution in [3.63, 3.8) is 0 Å². The van der Waals surface area contributed by atoms with Gasteiger partial charge in [-0.25, -0.2) is 13.6 Å². The number of nitrogens with one attached hydrogen (secondary N) is 1. The van der Waals surface area contributed by atoms with Gasteiger partial charge >= 0.3 is 0 Å². The van der Waals surface area contributed by atoms with Crippen molar-refractivity contribution in [2.45, 2.75) is 11.4 Å². The average molecular weight is 331 g/mol. The lowest BCUT2D eigenvalue weighted by Gasteiger charge is -2.08. The first kappa shape index (κ1) is 15.1. The third-order valence-corrected chi connectivity index (χ3v) is 3.97. The van der Waals surface area contributed by atoms with Gasteiger partial charge < -0.3 is 5.32 Å². The molecule has 106 valence electrons. The van der Waals surface area contributed by atoms with Crippen molar-refractivity contribution in [1.82, 2.24) is 0 Å². The van der Waals surface area contributed by atoms with Crippen LogP contribution in [0.3, 0.4) is 0 Å². The second kappa shape index (κ2) is 6.01. The number of hydrogen-bond donors (Lipinski definition) is 2. The maximum absolute atomic E-state index is 11.1. The van der Waals surface area contributed by atoms with Crippen LogP contribution in [-0.4, -0.2) is 8.42 Å². The Labute approximate surface area is 127 Å². The number of hydrogen-bond acceptors (Lipinski definition) is 3. The van der Waals surface area contributed by atoms with E-state index in [1.807, 2.05) is 0 Å². The van der Waals surface area contributed by atoms with Gasteiger partial charge in [-0.15, -0.1) is 0 Å². The van der Waals surface area contributed by atoms with E-state index in [1.165, 1.54) is 12.1 Å². The van der Waals surface area contributed by atoms with Crippen LogP contribution in [0.1, 0.15) is 5.56 Å². The van der Waals surface area contributed by atoms with Gasteiger partial charge in [0.1, 0.15) is 0 Å². The lowest BCUT2D eigenvalue weighted by Crippen LogP contribution is -2.12. The third kappa shape index (κ3) is 4.11. The molecule has 0 saturated carbocycles. The Hall–Kier alpha value is -1.27. The molecule has 0 unspecified atom stereocenters. The molecule has 0 fully saturated rings. The van der Waals surface area contributed by atoms with Gasteiger partial charge in [0.2, 0.25) is 10.0 Å². The van der Waals surface area contributed by atoms with Crippen LogP contribution in [-0.2, 0) is 16.6 Å². The number of primary sulfonamides is 1. The van der Waals surface area contributed by atoms with E-state index in [9.17, 15) is 8.42 Å². The fourth-order valence-electron chi connectivity index (χ4n) is 1.68. The molecule has 2 aromatic rings. The lowest BCUT2D eigenvalue weighted by atomic mass is 10.2. The highest BCUT2D eigenvalue weighted by molar-refractivity contribution is 7.89. The fourth-order valence-corrected chi connectivity index (χ4v) is 2.77. The normalized spacial score (nSPS) is 11.3. The molecule has 0 amide bonds. The number of rotatable bonds is 4. The zero-order valence-electron chi connectivity index (χ0n) is 10.3. The Morgan fingerprint density at radius 1 is 1.00 bits per heavy atom. The van der Waals surface area contributed by atoms with E-state index in [-0.39, 0.29) is 4.90 Å². The van der Waals surface area contributed by atoms with Crippen LogP contribution < -0.4 is 10.5 Å². The largest absolute Gasteiger partial charge is 0.381 e. The van der Waals surface area contributed by atoms with Crippen LogP contribution >= 0.6 is 23.2 Å². The van der Waals surface area contributed by atoms with Crippen molar-refractivity contribution in [3.8, 4) is 0 Å². The number of anilines is 1. The Kier molecular flexibility index (Phi) is 4.55. The van der Waals surface area contributed by atoms with Crippen molar-refractivity contribution in [2.24, 2.45) is 5.14 Å². The Morgan fingerprint density at radius 3 is 2.05 bits per heavy atom. The summed E-state index contributed by atoms with van der Waals surface area (Å²) in [5.41, 5.74) is 1.70. The summed E-state index contributed by atoms with van der Waals surface area (Å²) in [5.74, 6) is 0. The van der Waals surface area contributed by atoms with Crippen molar-refractivity contribution < 1.29 is 8.42 Å². The molecule has 4 nitrogen and oxygen atoms in total. The minimum atomic E-state index is -3.66. The van der Waals surface area contributed by atoms with E-state index >= 15 is 0 Å². The number of benzene rings is 2. The first-order valence-electron chi connectivity index (χ1n) is 5.66. The van der Waals surface area contributed by atoms with Crippen molar-refractivity contribution >= 4 is 38.9 Å². The fraction of sp³-hybridized carbons (Fsp3) is 0.0769. The summed E-state index contributed by atoms with van der Waals surface area (Å²) >= 11 is 11.8. The number of halogens is 2. The van der Waals surface area contributed by atoms with Crippen LogP contribution in [0.15, 0.2) is 47.4 Å². The molecule has 2 aromatic carbocycles. The minimum Gasteiger partial charge on any atom is -0.381 e. The summed E-state index contributed by atoms with van der Waals surface area (Å²) in [6.45, 7) is 0.523. The van der Waals surface area contributed by atoms with Crippen LogP contribution in [0.5, 0.6) is 0 Å². The molecule has 0 heterocycles. The second-order valence-electron chi connectivity index (χ2n) is 4.20. The molecule has 0 bridgehead atoms. The molecular formula is C13H12Cl2N2O2S. The third-order valence-electron chi connectivity index (χ3n) is 2.60. The van der Waals surface area contributed by atoms with Gasteiger partial charge in [0.15, 0.2) is 0 Å². The summed E-state index contributed by atoms with van der Waals surface area (Å²) in [6, 6.07) is 11.5. The minimum absolute atomic E-state index is 0.0776. The van der Waals surface area contributed by atoms with Gasteiger partial charge in [0, 0.05) is 22.3 Å². The molecule has 0 aliphatic heterocycles. The van der Waals surface area contributed by atoms with Crippen LogP contribution in [0.25, 0.3) is 0 Å². The molecule has 7 heteroatoms. The topological polar surface area (TPSA) is 72.2 Å². The molecular weight excluding hydrogens is 319 g/mol. The first-order chi connectivity index (χ1) is 9.34. The van der Waals surface area contributed by atoms with E-state index in [0.717, 1.165) is 11.3 Å². The monoisotopic (exact) mass is 330 g/mol. The molecule has 0 radical (unpaired) electrons. The van der Waals surface area contributed by atoms with Crippen molar-refractivity contribution in [3.05, 3.63) is 58.1 Å². The molecule has 0 spiro atoms. The molecule has 0 saturated heterocycles. The van der Waals surface area contributed by atoms with Crippen molar-refractivity contribution in [2.75, 3.05) is 5.32 Å². The molecule has 0 aromatic heterocycles. The highest BCUT2D eigenvalue weighted by Crippen LogP contribution is 2.20. The lowest BCUT2D eigenvalue weighted by molar-refractivity contribution is 0.598. The van der Waals surface area contributed by atoms with Gasteiger partial charge in [0.05, 0.1) is 4.90 Å². The zero-order chi connectivity index (χ0) is 14.8. The summed E-state index contributed by atoms with van der Waals surface area (Å²) in [7, 11) is -3.66. The molecule has 2 rings (SSSR count). The zero-order valence-corrected chi connectivity index (χ0v) is 12.6. The van der Waals surface area contributed by atoms with Crippen LogP contribution in [0.4, 0.5) is 5.69 Å². The molecule has 0 aliphatic rings. The second-order valence-corrected chi connectivity index (χ2v) is 6.63. The van der Waals surface area contributed by atoms with Gasteiger partial charge in [-0.2, -0.15) is 0 Å². The van der Waals surface area contributed by atoms with E-state index in [1.54, 1.807) is 30.3 Å². The standard InChI is InChI=1S/C13H12Cl2N2O2S/c14-10-5-9(6-11(15)7-10)8-17-12-1-3-13(4-2-12)20(16,18)19/h1-7,17H,8H2,(H2,16,18,19). The molecule has 0 aliphatic carbocycles. The Morgan fingerprint density at radius 2 is 1.55 bits per heavy atom. The smallest absolute Gasteiger partial charge is 0.238 e. The maximum atomic E-state index is 11.1. The first-order valence-corrected chi connectivity index (χ1v) is 7.96.